The summed E-state index contributed by atoms with van der Waals surface area (Å²) in [5.41, 5.74) is 0. The molecule has 0 heterocycles. The van der Waals surface area contributed by atoms with Crippen LogP contribution in [0.5, 0.6) is 5.75 Å². The molecular weight excluding hydrogens is 278 g/mol. The number of aliphatic hydroxyl groups is 2. The summed E-state index contributed by atoms with van der Waals surface area (Å²) in [7, 11) is 0. The molecule has 1 unspecified atom stereocenters. The molecule has 0 aliphatic heterocycles. The van der Waals surface area contributed by atoms with Gasteiger partial charge in [0.1, 0.15) is 5.75 Å². The van der Waals surface area contributed by atoms with Gasteiger partial charge >= 0.3 is 0 Å². The smallest absolute Gasteiger partial charge is 0.299 e. The van der Waals surface area contributed by atoms with Crippen molar-refractivity contribution in [3.05, 3.63) is 42.5 Å². The summed E-state index contributed by atoms with van der Waals surface area (Å²) in [6.07, 6.45) is 0.849. The van der Waals surface area contributed by atoms with Crippen LogP contribution >= 0.6 is 0 Å². The van der Waals surface area contributed by atoms with E-state index in [-0.39, 0.29) is 12.3 Å². The maximum Gasteiger partial charge on any atom is 0.299 e. The van der Waals surface area contributed by atoms with Crippen molar-refractivity contribution in [2.45, 2.75) is 31.5 Å². The van der Waals surface area contributed by atoms with Crippen LogP contribution < -0.4 is 4.74 Å². The van der Waals surface area contributed by atoms with Crippen LogP contribution in [0.1, 0.15) is 13.3 Å². The zero-order valence-corrected chi connectivity index (χ0v) is 11.8. The molecule has 0 saturated heterocycles. The van der Waals surface area contributed by atoms with E-state index in [1.54, 1.807) is 37.3 Å². The van der Waals surface area contributed by atoms with Gasteiger partial charge in [0, 0.05) is 12.3 Å². The lowest BCUT2D eigenvalue weighted by atomic mass is 9.95. The number of ether oxygens (including phenoxy) is 1. The van der Waals surface area contributed by atoms with Crippen molar-refractivity contribution in [1.29, 1.82) is 0 Å². The maximum atomic E-state index is 13.8. The molecule has 1 aromatic carbocycles. The Kier molecular flexibility index (Phi) is 4.96. The van der Waals surface area contributed by atoms with Crippen LogP contribution in [0.4, 0.5) is 8.78 Å². The molecular formula is C16H20F2O3. The van der Waals surface area contributed by atoms with Crippen molar-refractivity contribution in [1.82, 2.24) is 0 Å². The second-order valence-corrected chi connectivity index (χ2v) is 5.53. The highest BCUT2D eigenvalue weighted by Crippen LogP contribution is 2.34. The predicted octanol–water partition coefficient (Wildman–Crippen LogP) is 2.63. The van der Waals surface area contributed by atoms with Gasteiger partial charge in [-0.1, -0.05) is 31.2 Å². The van der Waals surface area contributed by atoms with Crippen LogP contribution in [0, 0.1) is 11.8 Å². The fraction of sp³-hybridized carbons (Fsp3) is 0.500. The summed E-state index contributed by atoms with van der Waals surface area (Å²) in [6.45, 7) is 0.988. The number of rotatable bonds is 5. The third-order valence-corrected chi connectivity index (χ3v) is 3.88. The van der Waals surface area contributed by atoms with Gasteiger partial charge in [-0.15, -0.1) is 0 Å². The van der Waals surface area contributed by atoms with Crippen LogP contribution in [0.2, 0.25) is 0 Å². The van der Waals surface area contributed by atoms with Crippen LogP contribution in [0.15, 0.2) is 42.5 Å². The monoisotopic (exact) mass is 298 g/mol. The minimum atomic E-state index is -3.12. The molecule has 1 aliphatic rings. The Balaban J connectivity index is 1.92. The minimum Gasteiger partial charge on any atom is -0.487 e. The first kappa shape index (κ1) is 15.9. The molecule has 0 spiro atoms. The summed E-state index contributed by atoms with van der Waals surface area (Å²) in [5, 5.41) is 19.4. The number of alkyl halides is 2. The van der Waals surface area contributed by atoms with E-state index in [9.17, 15) is 19.0 Å². The number of para-hydroxylation sites is 1. The molecule has 2 N–H and O–H groups in total. The third-order valence-electron chi connectivity index (χ3n) is 3.88. The molecule has 2 rings (SSSR count). The first-order valence-corrected chi connectivity index (χ1v) is 7.00. The molecule has 5 heteroatoms. The lowest BCUT2D eigenvalue weighted by Crippen LogP contribution is -2.24. The Hall–Kier alpha value is -1.46. The van der Waals surface area contributed by atoms with E-state index >= 15 is 0 Å². The summed E-state index contributed by atoms with van der Waals surface area (Å²) < 4.78 is 32.6. The number of aliphatic hydroxyl groups excluding tert-OH is 2. The highest BCUT2D eigenvalue weighted by atomic mass is 19.3. The van der Waals surface area contributed by atoms with E-state index < -0.39 is 30.7 Å². The lowest BCUT2D eigenvalue weighted by molar-refractivity contribution is 0.00409. The van der Waals surface area contributed by atoms with E-state index in [4.69, 9.17) is 4.74 Å². The Labute approximate surface area is 122 Å². The van der Waals surface area contributed by atoms with Gasteiger partial charge in [0.2, 0.25) is 0 Å². The average molecular weight is 298 g/mol. The van der Waals surface area contributed by atoms with Crippen LogP contribution in [0.3, 0.4) is 0 Å². The Morgan fingerprint density at radius 1 is 1.24 bits per heavy atom. The highest BCUT2D eigenvalue weighted by molar-refractivity contribution is 5.21. The Bertz CT molecular complexity index is 476. The fourth-order valence-electron chi connectivity index (χ4n) is 2.53. The number of hydrogen-bond acceptors (Lipinski definition) is 3. The van der Waals surface area contributed by atoms with Crippen LogP contribution in [-0.4, -0.2) is 35.0 Å². The summed E-state index contributed by atoms with van der Waals surface area (Å²) in [4.78, 5) is 0. The molecule has 116 valence electrons. The molecule has 4 atom stereocenters. The second-order valence-electron chi connectivity index (χ2n) is 5.53. The summed E-state index contributed by atoms with van der Waals surface area (Å²) in [5.74, 6) is -3.43. The SMILES string of the molecule is CC1[C@@H](/C=C/C(F)(F)COc2ccccc2)[C@H](O)C[C@@H]1O. The van der Waals surface area contributed by atoms with Crippen molar-refractivity contribution >= 4 is 0 Å². The molecule has 21 heavy (non-hydrogen) atoms. The first-order valence-electron chi connectivity index (χ1n) is 7.00. The number of halogens is 2. The van der Waals surface area contributed by atoms with E-state index in [1.807, 2.05) is 0 Å². The Morgan fingerprint density at radius 2 is 1.90 bits per heavy atom. The van der Waals surface area contributed by atoms with Gasteiger partial charge in [-0.3, -0.25) is 0 Å². The topological polar surface area (TPSA) is 49.7 Å². The molecule has 0 amide bonds. The van der Waals surface area contributed by atoms with Gasteiger partial charge in [0.05, 0.1) is 12.2 Å². The number of benzene rings is 1. The third kappa shape index (κ3) is 4.25. The van der Waals surface area contributed by atoms with Crippen molar-refractivity contribution < 1.29 is 23.7 Å². The molecule has 3 nitrogen and oxygen atoms in total. The largest absolute Gasteiger partial charge is 0.487 e. The molecule has 0 bridgehead atoms. The van der Waals surface area contributed by atoms with Crippen LogP contribution in [0.25, 0.3) is 0 Å². The first-order chi connectivity index (χ1) is 9.89. The zero-order valence-electron chi connectivity index (χ0n) is 11.8. The van der Waals surface area contributed by atoms with E-state index in [2.05, 4.69) is 0 Å². The van der Waals surface area contributed by atoms with E-state index in [0.717, 1.165) is 6.08 Å². The molecule has 1 fully saturated rings. The van der Waals surface area contributed by atoms with Gasteiger partial charge in [-0.25, -0.2) is 0 Å². The van der Waals surface area contributed by atoms with E-state index in [1.165, 1.54) is 6.08 Å². The molecule has 1 saturated carbocycles. The van der Waals surface area contributed by atoms with Gasteiger partial charge in [0.15, 0.2) is 6.61 Å². The maximum absolute atomic E-state index is 13.8. The van der Waals surface area contributed by atoms with Crippen LogP contribution in [-0.2, 0) is 0 Å². The van der Waals surface area contributed by atoms with Gasteiger partial charge in [-0.05, 0) is 24.1 Å². The standard InChI is InChI=1S/C16H20F2O3/c1-11-13(15(20)9-14(11)19)7-8-16(17,18)10-21-12-5-3-2-4-6-12/h2-8,11,13-15,19-20H,9-10H2,1H3/b8-7+/t11?,13-,14+,15-/m1/s1. The van der Waals surface area contributed by atoms with Crippen molar-refractivity contribution in [2.24, 2.45) is 11.8 Å². The van der Waals surface area contributed by atoms with Gasteiger partial charge in [0.25, 0.3) is 5.92 Å². The minimum absolute atomic E-state index is 0.224. The van der Waals surface area contributed by atoms with Crippen molar-refractivity contribution in [2.75, 3.05) is 6.61 Å². The number of hydrogen-bond donors (Lipinski definition) is 2. The highest BCUT2D eigenvalue weighted by Gasteiger charge is 2.38. The van der Waals surface area contributed by atoms with Crippen molar-refractivity contribution in [3.8, 4) is 5.75 Å². The molecule has 1 aromatic rings. The molecule has 0 radical (unpaired) electrons. The second kappa shape index (κ2) is 6.54. The normalized spacial score (nSPS) is 30.0. The van der Waals surface area contributed by atoms with Crippen molar-refractivity contribution in [3.63, 3.8) is 0 Å². The van der Waals surface area contributed by atoms with Gasteiger partial charge in [-0.2, -0.15) is 8.78 Å². The molecule has 1 aliphatic carbocycles. The zero-order chi connectivity index (χ0) is 15.5. The van der Waals surface area contributed by atoms with Gasteiger partial charge < -0.3 is 14.9 Å². The van der Waals surface area contributed by atoms with E-state index in [0.29, 0.717) is 5.75 Å². The average Bonchev–Trinajstić information content (AvgIpc) is 2.69. The fourth-order valence-corrected chi connectivity index (χ4v) is 2.53. The summed E-state index contributed by atoms with van der Waals surface area (Å²) in [6, 6.07) is 8.42. The lowest BCUT2D eigenvalue weighted by Gasteiger charge is -2.18. The summed E-state index contributed by atoms with van der Waals surface area (Å²) >= 11 is 0. The Morgan fingerprint density at radius 3 is 2.48 bits per heavy atom. The molecule has 0 aromatic heterocycles. The quantitative estimate of drug-likeness (QED) is 0.822. The predicted molar refractivity (Wildman–Crippen MR) is 75.3 cm³/mol.